The van der Waals surface area contributed by atoms with E-state index in [2.05, 4.69) is 0 Å². The first kappa shape index (κ1) is 17.7. The fourth-order valence-corrected chi connectivity index (χ4v) is 3.01. The number of halogens is 1. The third-order valence-corrected chi connectivity index (χ3v) is 4.36. The second-order valence-corrected chi connectivity index (χ2v) is 6.33. The molecule has 0 saturated heterocycles. The van der Waals surface area contributed by atoms with E-state index in [4.69, 9.17) is 9.47 Å². The molecule has 0 fully saturated rings. The van der Waals surface area contributed by atoms with Gasteiger partial charge in [0.05, 0.1) is 11.1 Å². The molecule has 0 radical (unpaired) electrons. The second-order valence-electron chi connectivity index (χ2n) is 6.33. The van der Waals surface area contributed by atoms with Crippen LogP contribution in [0.2, 0.25) is 0 Å². The van der Waals surface area contributed by atoms with Gasteiger partial charge in [0, 0.05) is 11.6 Å². The smallest absolute Gasteiger partial charge is 0.343 e. The van der Waals surface area contributed by atoms with Gasteiger partial charge in [0.15, 0.2) is 5.76 Å². The van der Waals surface area contributed by atoms with Gasteiger partial charge in [0.2, 0.25) is 5.78 Å². The van der Waals surface area contributed by atoms with Gasteiger partial charge in [-0.3, -0.25) is 4.79 Å². The minimum atomic E-state index is -0.508. The van der Waals surface area contributed by atoms with E-state index in [0.717, 1.165) is 0 Å². The molecule has 4 nitrogen and oxygen atoms in total. The van der Waals surface area contributed by atoms with Crippen LogP contribution in [0.25, 0.3) is 6.08 Å². The van der Waals surface area contributed by atoms with Crippen molar-refractivity contribution in [3.05, 3.63) is 101 Å². The second kappa shape index (κ2) is 7.12. The number of aryl methyl sites for hydroxylation is 1. The van der Waals surface area contributed by atoms with Gasteiger partial charge in [0.25, 0.3) is 0 Å². The standard InChI is InChI=1S/C23H15FO4/c1-14-11-17(27-23(26)15-7-3-2-4-8-15)13-19-21(14)22(25)20(28-19)12-16-9-5-6-10-18(16)24/h2-13H,1H3/b20-12-. The maximum atomic E-state index is 13.9. The molecule has 0 unspecified atom stereocenters. The van der Waals surface area contributed by atoms with Crippen molar-refractivity contribution in [3.8, 4) is 11.5 Å². The van der Waals surface area contributed by atoms with E-state index in [1.54, 1.807) is 61.5 Å². The lowest BCUT2D eigenvalue weighted by Gasteiger charge is -2.07. The maximum Gasteiger partial charge on any atom is 0.343 e. The number of allylic oxidation sites excluding steroid dienone is 1. The molecule has 4 rings (SSSR count). The highest BCUT2D eigenvalue weighted by atomic mass is 19.1. The van der Waals surface area contributed by atoms with Gasteiger partial charge >= 0.3 is 5.97 Å². The summed E-state index contributed by atoms with van der Waals surface area (Å²) >= 11 is 0. The zero-order valence-electron chi connectivity index (χ0n) is 14.9. The molecule has 0 spiro atoms. The molecule has 28 heavy (non-hydrogen) atoms. The third-order valence-electron chi connectivity index (χ3n) is 4.36. The first-order chi connectivity index (χ1) is 13.5. The van der Waals surface area contributed by atoms with Crippen LogP contribution in [0.3, 0.4) is 0 Å². The zero-order valence-corrected chi connectivity index (χ0v) is 14.9. The number of esters is 1. The molecule has 0 bridgehead atoms. The average Bonchev–Trinajstić information content (AvgIpc) is 3.00. The van der Waals surface area contributed by atoms with Crippen molar-refractivity contribution in [1.82, 2.24) is 0 Å². The molecular weight excluding hydrogens is 359 g/mol. The molecule has 5 heteroatoms. The number of carbonyl (C=O) groups excluding carboxylic acids is 2. The van der Waals surface area contributed by atoms with E-state index in [-0.39, 0.29) is 28.6 Å². The van der Waals surface area contributed by atoms with Crippen LogP contribution in [0.15, 0.2) is 72.5 Å². The number of hydrogen-bond donors (Lipinski definition) is 0. The van der Waals surface area contributed by atoms with Crippen molar-refractivity contribution in [3.63, 3.8) is 0 Å². The number of Topliss-reactive ketones (excluding diaryl/α,β-unsaturated/α-hetero) is 1. The lowest BCUT2D eigenvalue weighted by atomic mass is 10.0. The summed E-state index contributed by atoms with van der Waals surface area (Å²) in [5.41, 5.74) is 1.65. The zero-order chi connectivity index (χ0) is 19.7. The molecule has 0 atom stereocenters. The summed E-state index contributed by atoms with van der Waals surface area (Å²) in [6.45, 7) is 1.73. The average molecular weight is 374 g/mol. The van der Waals surface area contributed by atoms with Gasteiger partial charge < -0.3 is 9.47 Å². The van der Waals surface area contributed by atoms with E-state index in [1.807, 2.05) is 0 Å². The van der Waals surface area contributed by atoms with Crippen molar-refractivity contribution < 1.29 is 23.5 Å². The number of hydrogen-bond acceptors (Lipinski definition) is 4. The molecule has 1 heterocycles. The Morgan fingerprint density at radius 1 is 1.04 bits per heavy atom. The Labute approximate surface area is 160 Å². The number of benzene rings is 3. The molecule has 138 valence electrons. The highest BCUT2D eigenvalue weighted by Crippen LogP contribution is 2.37. The van der Waals surface area contributed by atoms with Crippen LogP contribution >= 0.6 is 0 Å². The number of ketones is 1. The summed E-state index contributed by atoms with van der Waals surface area (Å²) in [4.78, 5) is 24.9. The summed E-state index contributed by atoms with van der Waals surface area (Å²) in [6.07, 6.45) is 1.37. The van der Waals surface area contributed by atoms with Crippen molar-refractivity contribution in [2.45, 2.75) is 6.92 Å². The number of fused-ring (bicyclic) bond motifs is 1. The van der Waals surface area contributed by atoms with E-state index in [9.17, 15) is 14.0 Å². The Kier molecular flexibility index (Phi) is 4.49. The predicted octanol–water partition coefficient (Wildman–Crippen LogP) is 4.97. The molecule has 0 N–H and O–H groups in total. The van der Waals surface area contributed by atoms with Crippen molar-refractivity contribution in [2.24, 2.45) is 0 Å². The Morgan fingerprint density at radius 2 is 1.75 bits per heavy atom. The highest BCUT2D eigenvalue weighted by Gasteiger charge is 2.30. The highest BCUT2D eigenvalue weighted by molar-refractivity contribution is 6.15. The first-order valence-electron chi connectivity index (χ1n) is 8.63. The minimum Gasteiger partial charge on any atom is -0.452 e. The Bertz CT molecular complexity index is 1120. The predicted molar refractivity (Wildman–Crippen MR) is 102 cm³/mol. The summed E-state index contributed by atoms with van der Waals surface area (Å²) in [5.74, 6) is -0.720. The van der Waals surface area contributed by atoms with Gasteiger partial charge in [-0.25, -0.2) is 9.18 Å². The molecule has 0 saturated carbocycles. The summed E-state index contributed by atoms with van der Waals surface area (Å²) < 4.78 is 24.9. The van der Waals surface area contributed by atoms with Crippen LogP contribution in [0.5, 0.6) is 11.5 Å². The van der Waals surface area contributed by atoms with Gasteiger partial charge in [-0.05, 0) is 42.8 Å². The SMILES string of the molecule is Cc1cc(OC(=O)c2ccccc2)cc2c1C(=O)/C(=C/c1ccccc1F)O2. The molecule has 0 amide bonds. The third kappa shape index (κ3) is 3.30. The van der Waals surface area contributed by atoms with Gasteiger partial charge in [-0.2, -0.15) is 0 Å². The van der Waals surface area contributed by atoms with E-state index in [1.165, 1.54) is 18.2 Å². The van der Waals surface area contributed by atoms with Gasteiger partial charge in [0.1, 0.15) is 17.3 Å². The van der Waals surface area contributed by atoms with Crippen molar-refractivity contribution in [2.75, 3.05) is 0 Å². The first-order valence-corrected chi connectivity index (χ1v) is 8.63. The Hall–Kier alpha value is -3.73. The normalized spacial score (nSPS) is 13.9. The molecule has 3 aromatic rings. The topological polar surface area (TPSA) is 52.6 Å². The molecular formula is C23H15FO4. The van der Waals surface area contributed by atoms with Crippen LogP contribution < -0.4 is 9.47 Å². The van der Waals surface area contributed by atoms with Gasteiger partial charge in [-0.15, -0.1) is 0 Å². The largest absolute Gasteiger partial charge is 0.452 e. The molecule has 1 aliphatic rings. The fourth-order valence-electron chi connectivity index (χ4n) is 3.01. The van der Waals surface area contributed by atoms with Crippen LogP contribution in [0, 0.1) is 12.7 Å². The lowest BCUT2D eigenvalue weighted by Crippen LogP contribution is -2.08. The lowest BCUT2D eigenvalue weighted by molar-refractivity contribution is 0.0734. The maximum absolute atomic E-state index is 13.9. The fraction of sp³-hybridized carbons (Fsp3) is 0.0435. The van der Waals surface area contributed by atoms with Crippen LogP contribution in [-0.2, 0) is 0 Å². The van der Waals surface area contributed by atoms with Crippen LogP contribution in [0.1, 0.15) is 31.8 Å². The summed E-state index contributed by atoms with van der Waals surface area (Å²) in [6, 6.07) is 17.8. The number of carbonyl (C=O) groups is 2. The van der Waals surface area contributed by atoms with Crippen molar-refractivity contribution >= 4 is 17.8 Å². The molecule has 0 aliphatic carbocycles. The number of rotatable bonds is 3. The van der Waals surface area contributed by atoms with Crippen LogP contribution in [-0.4, -0.2) is 11.8 Å². The Morgan fingerprint density at radius 3 is 2.50 bits per heavy atom. The van der Waals surface area contributed by atoms with E-state index in [0.29, 0.717) is 16.7 Å². The summed E-state index contributed by atoms with van der Waals surface area (Å²) in [5, 5.41) is 0. The quantitative estimate of drug-likeness (QED) is 0.369. The van der Waals surface area contributed by atoms with Crippen LogP contribution in [0.4, 0.5) is 4.39 Å². The summed E-state index contributed by atoms with van der Waals surface area (Å²) in [7, 11) is 0. The van der Waals surface area contributed by atoms with E-state index >= 15 is 0 Å². The van der Waals surface area contributed by atoms with Crippen molar-refractivity contribution in [1.29, 1.82) is 0 Å². The molecule has 3 aromatic carbocycles. The molecule has 1 aliphatic heterocycles. The molecule has 0 aromatic heterocycles. The van der Waals surface area contributed by atoms with E-state index < -0.39 is 11.8 Å². The Balaban J connectivity index is 1.63. The minimum absolute atomic E-state index is 0.0229. The number of ether oxygens (including phenoxy) is 2. The van der Waals surface area contributed by atoms with Gasteiger partial charge in [-0.1, -0.05) is 36.4 Å². The monoisotopic (exact) mass is 374 g/mol.